The molecule has 1 aromatic carbocycles. The standard InChI is InChI=1S/C20H23N3O3S3/c1-2-23(29(25,26)18-9-5-11-27-18)17-8-3-6-14-12-16(22-19(14)17)20-21-13-15(28-20)7-4-10-24/h3,5-6,8-9,11-12,15,22,24H,2,4,7,10,13H2,1H3. The molecular weight excluding hydrogens is 426 g/mol. The van der Waals surface area contributed by atoms with E-state index < -0.39 is 10.0 Å². The summed E-state index contributed by atoms with van der Waals surface area (Å²) in [5, 5.41) is 13.1. The Labute approximate surface area is 178 Å². The third-order valence-electron chi connectivity index (χ3n) is 4.86. The van der Waals surface area contributed by atoms with Crippen LogP contribution in [0.5, 0.6) is 0 Å². The number of fused-ring (bicyclic) bond motifs is 1. The van der Waals surface area contributed by atoms with Crippen LogP contribution in [0.3, 0.4) is 0 Å². The third kappa shape index (κ3) is 3.96. The second kappa shape index (κ2) is 8.51. The highest BCUT2D eigenvalue weighted by Gasteiger charge is 2.27. The molecule has 0 saturated carbocycles. The number of thioether (sulfide) groups is 1. The van der Waals surface area contributed by atoms with Crippen molar-refractivity contribution in [2.45, 2.75) is 29.2 Å². The molecule has 0 spiro atoms. The van der Waals surface area contributed by atoms with Gasteiger partial charge in [0.2, 0.25) is 0 Å². The van der Waals surface area contributed by atoms with E-state index in [-0.39, 0.29) is 6.61 Å². The lowest BCUT2D eigenvalue weighted by atomic mass is 10.2. The molecule has 0 amide bonds. The zero-order valence-electron chi connectivity index (χ0n) is 16.0. The van der Waals surface area contributed by atoms with E-state index in [1.807, 2.05) is 31.2 Å². The molecule has 0 saturated heterocycles. The molecule has 1 aliphatic rings. The molecule has 154 valence electrons. The van der Waals surface area contributed by atoms with Gasteiger partial charge in [-0.3, -0.25) is 9.30 Å². The molecule has 6 nitrogen and oxygen atoms in total. The van der Waals surface area contributed by atoms with Gasteiger partial charge in [-0.2, -0.15) is 0 Å². The molecule has 4 rings (SSSR count). The van der Waals surface area contributed by atoms with E-state index >= 15 is 0 Å². The summed E-state index contributed by atoms with van der Waals surface area (Å²) >= 11 is 2.95. The molecule has 0 bridgehead atoms. The first-order valence-corrected chi connectivity index (χ1v) is 12.7. The highest BCUT2D eigenvalue weighted by Crippen LogP contribution is 2.35. The Bertz CT molecular complexity index is 1120. The Morgan fingerprint density at radius 3 is 2.90 bits per heavy atom. The van der Waals surface area contributed by atoms with Crippen molar-refractivity contribution in [3.8, 4) is 0 Å². The highest BCUT2D eigenvalue weighted by atomic mass is 32.2. The van der Waals surface area contributed by atoms with Crippen LogP contribution < -0.4 is 4.31 Å². The number of nitrogens with zero attached hydrogens (tertiary/aromatic N) is 2. The predicted molar refractivity (Wildman–Crippen MR) is 122 cm³/mol. The summed E-state index contributed by atoms with van der Waals surface area (Å²) in [6.45, 7) is 3.13. The number of thiophene rings is 1. The second-order valence-corrected chi connectivity index (χ2v) is 11.1. The van der Waals surface area contributed by atoms with E-state index in [0.717, 1.165) is 41.0 Å². The first-order chi connectivity index (χ1) is 14.0. The van der Waals surface area contributed by atoms with Crippen molar-refractivity contribution < 1.29 is 13.5 Å². The number of sulfonamides is 1. The van der Waals surface area contributed by atoms with E-state index in [1.54, 1.807) is 29.3 Å². The zero-order chi connectivity index (χ0) is 20.4. The van der Waals surface area contributed by atoms with Crippen LogP contribution in [-0.2, 0) is 10.0 Å². The van der Waals surface area contributed by atoms with Gasteiger partial charge in [0.05, 0.1) is 23.4 Å². The zero-order valence-corrected chi connectivity index (χ0v) is 18.5. The fourth-order valence-electron chi connectivity index (χ4n) is 3.49. The van der Waals surface area contributed by atoms with Gasteiger partial charge in [0.1, 0.15) is 9.25 Å². The molecular formula is C20H23N3O3S3. The summed E-state index contributed by atoms with van der Waals surface area (Å²) in [7, 11) is -3.61. The van der Waals surface area contributed by atoms with E-state index in [1.165, 1.54) is 15.6 Å². The lowest BCUT2D eigenvalue weighted by molar-refractivity contribution is 0.284. The minimum absolute atomic E-state index is 0.202. The monoisotopic (exact) mass is 449 g/mol. The summed E-state index contributed by atoms with van der Waals surface area (Å²) in [6.07, 6.45) is 1.71. The van der Waals surface area contributed by atoms with Gasteiger partial charge in [-0.1, -0.05) is 30.0 Å². The Morgan fingerprint density at radius 2 is 2.17 bits per heavy atom. The van der Waals surface area contributed by atoms with E-state index in [0.29, 0.717) is 21.7 Å². The largest absolute Gasteiger partial charge is 0.396 e. The van der Waals surface area contributed by atoms with Crippen molar-refractivity contribution in [1.82, 2.24) is 4.98 Å². The van der Waals surface area contributed by atoms with Crippen LogP contribution in [0, 0.1) is 0 Å². The van der Waals surface area contributed by atoms with Crippen molar-refractivity contribution in [1.29, 1.82) is 0 Å². The van der Waals surface area contributed by atoms with Crippen molar-refractivity contribution in [2.24, 2.45) is 4.99 Å². The topological polar surface area (TPSA) is 85.8 Å². The van der Waals surface area contributed by atoms with Crippen LogP contribution >= 0.6 is 23.1 Å². The van der Waals surface area contributed by atoms with Gasteiger partial charge >= 0.3 is 0 Å². The van der Waals surface area contributed by atoms with Gasteiger partial charge in [0.15, 0.2) is 0 Å². The summed E-state index contributed by atoms with van der Waals surface area (Å²) < 4.78 is 28.1. The maximum absolute atomic E-state index is 13.1. The molecule has 1 aliphatic heterocycles. The first-order valence-electron chi connectivity index (χ1n) is 9.55. The van der Waals surface area contributed by atoms with Crippen molar-refractivity contribution in [3.63, 3.8) is 0 Å². The minimum Gasteiger partial charge on any atom is -0.396 e. The Morgan fingerprint density at radius 1 is 1.31 bits per heavy atom. The number of hydrogen-bond acceptors (Lipinski definition) is 6. The lowest BCUT2D eigenvalue weighted by Gasteiger charge is -2.22. The van der Waals surface area contributed by atoms with Gasteiger partial charge < -0.3 is 10.1 Å². The Kier molecular flexibility index (Phi) is 6.00. The number of benzene rings is 1. The average molecular weight is 450 g/mol. The van der Waals surface area contributed by atoms with Crippen molar-refractivity contribution in [3.05, 3.63) is 47.5 Å². The average Bonchev–Trinajstić information content (AvgIpc) is 3.47. The van der Waals surface area contributed by atoms with Crippen LogP contribution in [-0.4, -0.2) is 48.5 Å². The van der Waals surface area contributed by atoms with Gasteiger partial charge in [-0.25, -0.2) is 8.42 Å². The molecule has 9 heteroatoms. The van der Waals surface area contributed by atoms with Crippen LogP contribution in [0.2, 0.25) is 0 Å². The van der Waals surface area contributed by atoms with Gasteiger partial charge in [-0.05, 0) is 43.3 Å². The van der Waals surface area contributed by atoms with Gasteiger partial charge in [0.25, 0.3) is 10.0 Å². The summed E-state index contributed by atoms with van der Waals surface area (Å²) in [5.74, 6) is 0. The third-order valence-corrected chi connectivity index (χ3v) is 9.41. The van der Waals surface area contributed by atoms with Crippen LogP contribution in [0.4, 0.5) is 5.69 Å². The Balaban J connectivity index is 1.68. The lowest BCUT2D eigenvalue weighted by Crippen LogP contribution is -2.30. The maximum atomic E-state index is 13.1. The number of para-hydroxylation sites is 1. The number of nitrogens with one attached hydrogen (secondary N) is 1. The minimum atomic E-state index is -3.61. The van der Waals surface area contributed by atoms with Crippen molar-refractivity contribution in [2.75, 3.05) is 24.0 Å². The van der Waals surface area contributed by atoms with E-state index in [2.05, 4.69) is 9.98 Å². The number of hydrogen-bond donors (Lipinski definition) is 2. The summed E-state index contributed by atoms with van der Waals surface area (Å²) in [4.78, 5) is 8.07. The summed E-state index contributed by atoms with van der Waals surface area (Å²) in [6, 6.07) is 11.1. The number of aliphatic hydroxyl groups is 1. The fraction of sp³-hybridized carbons (Fsp3) is 0.350. The predicted octanol–water partition coefficient (Wildman–Crippen LogP) is 4.08. The van der Waals surface area contributed by atoms with Crippen LogP contribution in [0.15, 0.2) is 51.0 Å². The molecule has 3 aromatic rings. The SMILES string of the molecule is CCN(c1cccc2cc(C3=NCC(CCCO)S3)[nH]c12)S(=O)(=O)c1cccs1. The number of aliphatic imine (C=N–C) groups is 1. The second-order valence-electron chi connectivity index (χ2n) is 6.78. The highest BCUT2D eigenvalue weighted by molar-refractivity contribution is 8.15. The van der Waals surface area contributed by atoms with E-state index in [9.17, 15) is 8.42 Å². The molecule has 0 aliphatic carbocycles. The molecule has 29 heavy (non-hydrogen) atoms. The number of H-pyrrole nitrogens is 1. The first kappa shape index (κ1) is 20.5. The molecule has 0 fully saturated rings. The van der Waals surface area contributed by atoms with Gasteiger partial charge in [-0.15, -0.1) is 11.3 Å². The molecule has 2 N–H and O–H groups in total. The number of rotatable bonds is 8. The quantitative estimate of drug-likeness (QED) is 0.543. The number of aromatic nitrogens is 1. The van der Waals surface area contributed by atoms with Crippen LogP contribution in [0.25, 0.3) is 10.9 Å². The van der Waals surface area contributed by atoms with Crippen molar-refractivity contribution >= 4 is 54.8 Å². The van der Waals surface area contributed by atoms with Crippen LogP contribution in [0.1, 0.15) is 25.5 Å². The number of aliphatic hydroxyl groups excluding tert-OH is 1. The molecule has 1 atom stereocenters. The smallest absolute Gasteiger partial charge is 0.273 e. The molecule has 2 aromatic heterocycles. The molecule has 0 radical (unpaired) electrons. The van der Waals surface area contributed by atoms with E-state index in [4.69, 9.17) is 5.11 Å². The maximum Gasteiger partial charge on any atom is 0.273 e. The number of aromatic amines is 1. The molecule has 3 heterocycles. The Hall–Kier alpha value is -1.81. The van der Waals surface area contributed by atoms with Gasteiger partial charge in [0, 0.05) is 23.8 Å². The molecule has 1 unspecified atom stereocenters. The number of anilines is 1. The fourth-order valence-corrected chi connectivity index (χ4v) is 7.21. The summed E-state index contributed by atoms with van der Waals surface area (Å²) in [5.41, 5.74) is 2.35. The normalized spacial score (nSPS) is 17.0.